The van der Waals surface area contributed by atoms with Crippen molar-refractivity contribution in [2.24, 2.45) is 0 Å². The van der Waals surface area contributed by atoms with E-state index in [-0.39, 0.29) is 5.91 Å². The molecule has 2 aromatic rings. The number of amides is 1. The van der Waals surface area contributed by atoms with Gasteiger partial charge in [-0.1, -0.05) is 29.8 Å². The maximum absolute atomic E-state index is 12.5. The van der Waals surface area contributed by atoms with Crippen molar-refractivity contribution in [2.45, 2.75) is 20.8 Å². The van der Waals surface area contributed by atoms with Crippen molar-refractivity contribution >= 4 is 34.6 Å². The van der Waals surface area contributed by atoms with Crippen molar-refractivity contribution in [3.05, 3.63) is 52.5 Å². The molecule has 0 aliphatic heterocycles. The second-order valence-corrected chi connectivity index (χ2v) is 5.74. The zero-order valence-electron chi connectivity index (χ0n) is 13.7. The van der Waals surface area contributed by atoms with E-state index in [1.54, 1.807) is 12.1 Å². The predicted molar refractivity (Wildman–Crippen MR) is 98.6 cm³/mol. The second-order valence-electron chi connectivity index (χ2n) is 5.33. The monoisotopic (exact) mass is 331 g/mol. The molecule has 2 rings (SSSR count). The molecule has 0 heterocycles. The van der Waals surface area contributed by atoms with Gasteiger partial charge in [-0.15, -0.1) is 0 Å². The van der Waals surface area contributed by atoms with Crippen LogP contribution in [0, 0.1) is 6.92 Å². The smallest absolute Gasteiger partial charge is 0.255 e. The number of aryl methyl sites for hydroxylation is 1. The highest BCUT2D eigenvalue weighted by Crippen LogP contribution is 2.33. The van der Waals surface area contributed by atoms with E-state index in [0.29, 0.717) is 22.0 Å². The highest BCUT2D eigenvalue weighted by atomic mass is 35.5. The molecule has 4 nitrogen and oxygen atoms in total. The van der Waals surface area contributed by atoms with E-state index in [2.05, 4.69) is 24.1 Å². The summed E-state index contributed by atoms with van der Waals surface area (Å²) in [7, 11) is 0. The van der Waals surface area contributed by atoms with Gasteiger partial charge in [0.1, 0.15) is 0 Å². The largest absolute Gasteiger partial charge is 0.397 e. The van der Waals surface area contributed by atoms with E-state index in [9.17, 15) is 4.79 Å². The average molecular weight is 332 g/mol. The summed E-state index contributed by atoms with van der Waals surface area (Å²) in [5, 5.41) is 3.32. The molecule has 1 amide bonds. The molecule has 122 valence electrons. The number of nitrogen functional groups attached to an aromatic ring is 1. The van der Waals surface area contributed by atoms with Crippen LogP contribution in [-0.4, -0.2) is 19.0 Å². The lowest BCUT2D eigenvalue weighted by Gasteiger charge is -2.24. The minimum Gasteiger partial charge on any atom is -0.397 e. The number of halogens is 1. The SMILES string of the molecule is CCN(CC)c1cc(NC(=O)c2ccccc2C)c(Cl)cc1N. The first-order chi connectivity index (χ1) is 11.0. The summed E-state index contributed by atoms with van der Waals surface area (Å²) >= 11 is 6.25. The fourth-order valence-electron chi connectivity index (χ4n) is 2.53. The lowest BCUT2D eigenvalue weighted by molar-refractivity contribution is 0.102. The number of benzene rings is 2. The molecule has 0 saturated carbocycles. The Hall–Kier alpha value is -2.20. The molecule has 23 heavy (non-hydrogen) atoms. The van der Waals surface area contributed by atoms with Crippen LogP contribution in [-0.2, 0) is 0 Å². The van der Waals surface area contributed by atoms with E-state index in [1.807, 2.05) is 31.2 Å². The number of anilines is 3. The number of rotatable bonds is 5. The summed E-state index contributed by atoms with van der Waals surface area (Å²) in [5.74, 6) is -0.180. The van der Waals surface area contributed by atoms with Gasteiger partial charge in [-0.05, 0) is 44.5 Å². The quantitative estimate of drug-likeness (QED) is 0.802. The molecule has 0 radical (unpaired) electrons. The molecule has 3 N–H and O–H groups in total. The minimum absolute atomic E-state index is 0.180. The fraction of sp³-hybridized carbons (Fsp3) is 0.278. The Labute approximate surface area is 142 Å². The molecule has 0 atom stereocenters. The van der Waals surface area contributed by atoms with Crippen LogP contribution in [0.3, 0.4) is 0 Å². The van der Waals surface area contributed by atoms with E-state index in [4.69, 9.17) is 17.3 Å². The molecular weight excluding hydrogens is 310 g/mol. The lowest BCUT2D eigenvalue weighted by Crippen LogP contribution is -2.23. The molecule has 0 unspecified atom stereocenters. The summed E-state index contributed by atoms with van der Waals surface area (Å²) in [6, 6.07) is 11.0. The predicted octanol–water partition coefficient (Wildman–Crippen LogP) is 4.33. The summed E-state index contributed by atoms with van der Waals surface area (Å²) in [4.78, 5) is 14.6. The molecule has 0 saturated heterocycles. The highest BCUT2D eigenvalue weighted by molar-refractivity contribution is 6.34. The van der Waals surface area contributed by atoms with Crippen molar-refractivity contribution in [3.8, 4) is 0 Å². The molecule has 0 fully saturated rings. The number of carbonyl (C=O) groups excluding carboxylic acids is 1. The van der Waals surface area contributed by atoms with Crippen molar-refractivity contribution in [3.63, 3.8) is 0 Å². The van der Waals surface area contributed by atoms with Gasteiger partial charge in [0.05, 0.1) is 22.1 Å². The van der Waals surface area contributed by atoms with Crippen LogP contribution in [0.25, 0.3) is 0 Å². The number of nitrogens with one attached hydrogen (secondary N) is 1. The summed E-state index contributed by atoms with van der Waals surface area (Å²) in [5.41, 5.74) is 9.66. The van der Waals surface area contributed by atoms with Gasteiger partial charge in [-0.25, -0.2) is 0 Å². The second kappa shape index (κ2) is 7.38. The first kappa shape index (κ1) is 17.2. The van der Waals surface area contributed by atoms with Crippen molar-refractivity contribution in [1.29, 1.82) is 0 Å². The molecule has 2 aromatic carbocycles. The van der Waals surface area contributed by atoms with Gasteiger partial charge in [0.15, 0.2) is 0 Å². The first-order valence-electron chi connectivity index (χ1n) is 7.68. The Morgan fingerprint density at radius 2 is 1.87 bits per heavy atom. The Morgan fingerprint density at radius 1 is 1.22 bits per heavy atom. The number of nitrogens with zero attached hydrogens (tertiary/aromatic N) is 1. The lowest BCUT2D eigenvalue weighted by atomic mass is 10.1. The van der Waals surface area contributed by atoms with Gasteiger partial charge in [0.25, 0.3) is 5.91 Å². The van der Waals surface area contributed by atoms with E-state index in [0.717, 1.165) is 24.3 Å². The third-order valence-electron chi connectivity index (χ3n) is 3.86. The standard InChI is InChI=1S/C18H22ClN3O/c1-4-22(5-2)17-11-16(14(19)10-15(17)20)21-18(23)13-9-7-6-8-12(13)3/h6-11H,4-5,20H2,1-3H3,(H,21,23). The molecule has 0 bridgehead atoms. The van der Waals surface area contributed by atoms with Crippen LogP contribution >= 0.6 is 11.6 Å². The van der Waals surface area contributed by atoms with Gasteiger partial charge in [-0.3, -0.25) is 4.79 Å². The van der Waals surface area contributed by atoms with Gasteiger partial charge >= 0.3 is 0 Å². The Kier molecular flexibility index (Phi) is 5.50. The number of carbonyl (C=O) groups is 1. The third kappa shape index (κ3) is 3.77. The fourth-order valence-corrected chi connectivity index (χ4v) is 2.75. The number of hydrogen-bond acceptors (Lipinski definition) is 3. The Morgan fingerprint density at radius 3 is 2.48 bits per heavy atom. The number of nitrogens with two attached hydrogens (primary N) is 1. The third-order valence-corrected chi connectivity index (χ3v) is 4.17. The topological polar surface area (TPSA) is 58.4 Å². The minimum atomic E-state index is -0.180. The van der Waals surface area contributed by atoms with Gasteiger partial charge in [-0.2, -0.15) is 0 Å². The van der Waals surface area contributed by atoms with Crippen LogP contribution in [0.4, 0.5) is 17.1 Å². The summed E-state index contributed by atoms with van der Waals surface area (Å²) in [6.07, 6.45) is 0. The zero-order chi connectivity index (χ0) is 17.0. The van der Waals surface area contributed by atoms with Crippen LogP contribution < -0.4 is 16.0 Å². The van der Waals surface area contributed by atoms with E-state index >= 15 is 0 Å². The molecule has 0 aliphatic rings. The van der Waals surface area contributed by atoms with Crippen molar-refractivity contribution < 1.29 is 4.79 Å². The molecule has 0 spiro atoms. The Bertz CT molecular complexity index is 711. The Balaban J connectivity index is 2.34. The van der Waals surface area contributed by atoms with E-state index in [1.165, 1.54) is 0 Å². The molecule has 0 aromatic heterocycles. The number of hydrogen-bond donors (Lipinski definition) is 2. The van der Waals surface area contributed by atoms with Crippen LogP contribution in [0.2, 0.25) is 5.02 Å². The highest BCUT2D eigenvalue weighted by Gasteiger charge is 2.14. The summed E-state index contributed by atoms with van der Waals surface area (Å²) in [6.45, 7) is 7.67. The van der Waals surface area contributed by atoms with Crippen molar-refractivity contribution in [1.82, 2.24) is 0 Å². The van der Waals surface area contributed by atoms with Gasteiger partial charge in [0.2, 0.25) is 0 Å². The zero-order valence-corrected chi connectivity index (χ0v) is 14.4. The van der Waals surface area contributed by atoms with Crippen LogP contribution in [0.5, 0.6) is 0 Å². The molecular formula is C18H22ClN3O. The van der Waals surface area contributed by atoms with Gasteiger partial charge < -0.3 is 16.0 Å². The molecule has 0 aliphatic carbocycles. The average Bonchev–Trinajstić information content (AvgIpc) is 2.53. The van der Waals surface area contributed by atoms with Gasteiger partial charge in [0, 0.05) is 18.7 Å². The van der Waals surface area contributed by atoms with Crippen LogP contribution in [0.15, 0.2) is 36.4 Å². The van der Waals surface area contributed by atoms with E-state index < -0.39 is 0 Å². The van der Waals surface area contributed by atoms with Crippen molar-refractivity contribution in [2.75, 3.05) is 29.0 Å². The first-order valence-corrected chi connectivity index (χ1v) is 8.06. The van der Waals surface area contributed by atoms with Crippen LogP contribution in [0.1, 0.15) is 29.8 Å². The summed E-state index contributed by atoms with van der Waals surface area (Å²) < 4.78 is 0. The normalized spacial score (nSPS) is 10.4. The maximum Gasteiger partial charge on any atom is 0.255 e. The molecule has 5 heteroatoms. The maximum atomic E-state index is 12.5.